The van der Waals surface area contributed by atoms with Crippen LogP contribution in [0.2, 0.25) is 0 Å². The topological polar surface area (TPSA) is 137 Å². The highest BCUT2D eigenvalue weighted by atomic mass is 32.2. The summed E-state index contributed by atoms with van der Waals surface area (Å²) in [5.41, 5.74) is 1.09. The van der Waals surface area contributed by atoms with E-state index in [-0.39, 0.29) is 21.9 Å². The number of imidazole rings is 1. The van der Waals surface area contributed by atoms with Gasteiger partial charge in [0, 0.05) is 44.1 Å². The number of nitrogens with zero attached hydrogens (tertiary/aromatic N) is 5. The highest BCUT2D eigenvalue weighted by molar-refractivity contribution is 7.89. The Kier molecular flexibility index (Phi) is 6.56. The van der Waals surface area contributed by atoms with Crippen LogP contribution in [0.4, 0.5) is 0 Å². The van der Waals surface area contributed by atoms with Gasteiger partial charge in [-0.3, -0.25) is 9.78 Å². The number of aromatic nitrogens is 5. The second-order valence-corrected chi connectivity index (χ2v) is 10.6. The number of fused-ring (bicyclic) bond motifs is 1. The number of benzene rings is 1. The Morgan fingerprint density at radius 1 is 1.06 bits per heavy atom. The van der Waals surface area contributed by atoms with E-state index in [0.29, 0.717) is 55.5 Å². The first-order valence-corrected chi connectivity index (χ1v) is 13.2. The monoisotopic (exact) mass is 509 g/mol. The van der Waals surface area contributed by atoms with Crippen molar-refractivity contribution in [2.24, 2.45) is 0 Å². The minimum atomic E-state index is -3.74. The predicted molar refractivity (Wildman–Crippen MR) is 135 cm³/mol. The maximum Gasteiger partial charge on any atom is 0.277 e. The van der Waals surface area contributed by atoms with Gasteiger partial charge < -0.3 is 19.6 Å². The van der Waals surface area contributed by atoms with Gasteiger partial charge in [0.2, 0.25) is 10.0 Å². The summed E-state index contributed by atoms with van der Waals surface area (Å²) < 4.78 is 34.1. The molecule has 12 heteroatoms. The Morgan fingerprint density at radius 2 is 1.83 bits per heavy atom. The Balaban J connectivity index is 1.60. The number of hydrogen-bond donors (Lipinski definition) is 2. The van der Waals surface area contributed by atoms with Crippen LogP contribution in [0, 0.1) is 0 Å². The summed E-state index contributed by atoms with van der Waals surface area (Å²) in [6.45, 7) is 4.54. The smallest absolute Gasteiger partial charge is 0.277 e. The second kappa shape index (κ2) is 9.80. The van der Waals surface area contributed by atoms with Crippen molar-refractivity contribution in [1.29, 1.82) is 0 Å². The largest absolute Gasteiger partial charge is 0.493 e. The summed E-state index contributed by atoms with van der Waals surface area (Å²) >= 11 is 0. The van der Waals surface area contributed by atoms with Crippen molar-refractivity contribution in [1.82, 2.24) is 34.1 Å². The van der Waals surface area contributed by atoms with Gasteiger partial charge in [-0.2, -0.15) is 4.31 Å². The Bertz CT molecular complexity index is 1540. The molecule has 3 aromatic heterocycles. The molecular formula is C24H27N7O4S. The molecule has 1 fully saturated rings. The van der Waals surface area contributed by atoms with Crippen LogP contribution in [0.1, 0.15) is 13.3 Å². The third kappa shape index (κ3) is 4.62. The maximum atomic E-state index is 13.4. The molecule has 1 saturated heterocycles. The number of likely N-dealkylation sites (N-methyl/N-ethyl adjacent to an activating group) is 1. The molecule has 11 nitrogen and oxygen atoms in total. The SMILES string of the molecule is CCCOc1ccc(S(=O)(=O)N2CCN(C)CC2)cc1-c1nc2nc(-c3cccnc3)[nH]c2c(=O)[nH]1. The van der Waals surface area contributed by atoms with Crippen LogP contribution in [0.3, 0.4) is 0 Å². The fourth-order valence-electron chi connectivity index (χ4n) is 4.04. The molecule has 0 aliphatic carbocycles. The first-order chi connectivity index (χ1) is 17.4. The molecule has 0 saturated carbocycles. The van der Waals surface area contributed by atoms with Gasteiger partial charge in [0.25, 0.3) is 5.56 Å². The number of hydrogen-bond acceptors (Lipinski definition) is 8. The number of aromatic amines is 2. The third-order valence-electron chi connectivity index (χ3n) is 6.06. The molecule has 188 valence electrons. The lowest BCUT2D eigenvalue weighted by atomic mass is 10.2. The van der Waals surface area contributed by atoms with Crippen LogP contribution in [0.5, 0.6) is 5.75 Å². The molecule has 5 rings (SSSR count). The number of sulfonamides is 1. The quantitative estimate of drug-likeness (QED) is 0.386. The van der Waals surface area contributed by atoms with Crippen molar-refractivity contribution < 1.29 is 13.2 Å². The van der Waals surface area contributed by atoms with Crippen LogP contribution in [0.15, 0.2) is 52.4 Å². The van der Waals surface area contributed by atoms with E-state index in [9.17, 15) is 13.2 Å². The average molecular weight is 510 g/mol. The van der Waals surface area contributed by atoms with E-state index in [4.69, 9.17) is 4.74 Å². The Morgan fingerprint density at radius 3 is 2.56 bits per heavy atom. The molecular weight excluding hydrogens is 482 g/mol. The van der Waals surface area contributed by atoms with Crippen molar-refractivity contribution in [3.8, 4) is 28.5 Å². The summed E-state index contributed by atoms with van der Waals surface area (Å²) in [6.07, 6.45) is 4.05. The molecule has 1 aromatic carbocycles. The fraction of sp³-hybridized carbons (Fsp3) is 0.333. The van der Waals surface area contributed by atoms with E-state index in [1.165, 1.54) is 16.4 Å². The first-order valence-electron chi connectivity index (χ1n) is 11.7. The number of H-pyrrole nitrogens is 2. The van der Waals surface area contributed by atoms with Gasteiger partial charge in [-0.15, -0.1) is 0 Å². The number of piperazine rings is 1. The molecule has 36 heavy (non-hydrogen) atoms. The Labute approximate surface area is 208 Å². The second-order valence-electron chi connectivity index (χ2n) is 8.65. The molecule has 1 aliphatic heterocycles. The molecule has 4 heterocycles. The molecule has 0 unspecified atom stereocenters. The van der Waals surface area contributed by atoms with Crippen molar-refractivity contribution in [2.45, 2.75) is 18.2 Å². The average Bonchev–Trinajstić information content (AvgIpc) is 3.33. The molecule has 0 bridgehead atoms. The van der Waals surface area contributed by atoms with Gasteiger partial charge in [-0.25, -0.2) is 18.4 Å². The van der Waals surface area contributed by atoms with Crippen molar-refractivity contribution in [3.63, 3.8) is 0 Å². The van der Waals surface area contributed by atoms with E-state index in [1.54, 1.807) is 24.5 Å². The number of pyridine rings is 1. The molecule has 0 atom stereocenters. The predicted octanol–water partition coefficient (Wildman–Crippen LogP) is 2.10. The van der Waals surface area contributed by atoms with Gasteiger partial charge in [-0.1, -0.05) is 6.92 Å². The normalized spacial score (nSPS) is 15.4. The van der Waals surface area contributed by atoms with Crippen molar-refractivity contribution in [3.05, 3.63) is 53.1 Å². The lowest BCUT2D eigenvalue weighted by Crippen LogP contribution is -2.47. The molecule has 0 amide bonds. The minimum Gasteiger partial charge on any atom is -0.493 e. The van der Waals surface area contributed by atoms with E-state index < -0.39 is 15.6 Å². The molecule has 2 N–H and O–H groups in total. The van der Waals surface area contributed by atoms with Crippen molar-refractivity contribution >= 4 is 21.2 Å². The zero-order chi connectivity index (χ0) is 25.3. The lowest BCUT2D eigenvalue weighted by Gasteiger charge is -2.31. The van der Waals surface area contributed by atoms with E-state index in [2.05, 4.69) is 29.8 Å². The summed E-state index contributed by atoms with van der Waals surface area (Å²) in [4.78, 5) is 34.0. The molecule has 0 spiro atoms. The zero-order valence-electron chi connectivity index (χ0n) is 20.1. The van der Waals surface area contributed by atoms with Gasteiger partial charge >= 0.3 is 0 Å². The zero-order valence-corrected chi connectivity index (χ0v) is 20.9. The molecule has 0 radical (unpaired) electrons. The van der Waals surface area contributed by atoms with Crippen LogP contribution in [-0.2, 0) is 10.0 Å². The number of rotatable bonds is 7. The van der Waals surface area contributed by atoms with Crippen LogP contribution in [0.25, 0.3) is 33.9 Å². The Hall–Kier alpha value is -3.61. The first kappa shape index (κ1) is 24.1. The molecule has 4 aromatic rings. The van der Waals surface area contributed by atoms with E-state index in [1.807, 2.05) is 20.0 Å². The summed E-state index contributed by atoms with van der Waals surface area (Å²) in [6, 6.07) is 8.26. The van der Waals surface area contributed by atoms with Gasteiger partial charge in [0.15, 0.2) is 11.2 Å². The lowest BCUT2D eigenvalue weighted by molar-refractivity contribution is 0.222. The van der Waals surface area contributed by atoms with Gasteiger partial charge in [0.1, 0.15) is 17.4 Å². The van der Waals surface area contributed by atoms with Crippen molar-refractivity contribution in [2.75, 3.05) is 39.8 Å². The maximum absolute atomic E-state index is 13.4. The standard InChI is InChI=1S/C24H27N7O4S/c1-3-13-35-19-7-6-17(36(33,34)31-11-9-30(2)10-12-31)14-18(19)22-28-23-20(24(32)29-22)26-21(27-23)16-5-4-8-25-15-16/h4-8,14-15H,3,9-13H2,1-2H3,(H2,26,27,28,29,32). The summed E-state index contributed by atoms with van der Waals surface area (Å²) in [7, 11) is -1.77. The van der Waals surface area contributed by atoms with E-state index in [0.717, 1.165) is 6.42 Å². The third-order valence-corrected chi connectivity index (χ3v) is 7.96. The minimum absolute atomic E-state index is 0.117. The van der Waals surface area contributed by atoms with Gasteiger partial charge in [-0.05, 0) is 43.8 Å². The highest BCUT2D eigenvalue weighted by Crippen LogP contribution is 2.32. The summed E-state index contributed by atoms with van der Waals surface area (Å²) in [5, 5.41) is 0. The summed E-state index contributed by atoms with van der Waals surface area (Å²) in [5.74, 6) is 1.07. The number of ether oxygens (including phenoxy) is 1. The van der Waals surface area contributed by atoms with Gasteiger partial charge in [0.05, 0.1) is 17.1 Å². The molecule has 1 aliphatic rings. The highest BCUT2D eigenvalue weighted by Gasteiger charge is 2.29. The van der Waals surface area contributed by atoms with E-state index >= 15 is 0 Å². The van der Waals surface area contributed by atoms with Crippen LogP contribution >= 0.6 is 0 Å². The fourth-order valence-corrected chi connectivity index (χ4v) is 5.49. The van der Waals surface area contributed by atoms with Crippen LogP contribution in [-0.4, -0.2) is 82.4 Å². The van der Waals surface area contributed by atoms with Crippen LogP contribution < -0.4 is 10.3 Å². The number of nitrogens with one attached hydrogen (secondary N) is 2.